The Morgan fingerprint density at radius 1 is 1.00 bits per heavy atom. The molecule has 0 aliphatic rings. The van der Waals surface area contributed by atoms with Crippen molar-refractivity contribution in [2.75, 3.05) is 0 Å². The Balaban J connectivity index is 0. The second kappa shape index (κ2) is 16.7. The first-order chi connectivity index (χ1) is 0. The van der Waals surface area contributed by atoms with E-state index in [1.54, 1.807) is 0 Å². The van der Waals surface area contributed by atoms with E-state index in [0.29, 0.717) is 0 Å². The first-order valence-electron chi connectivity index (χ1n) is 0. The van der Waals surface area contributed by atoms with Crippen molar-refractivity contribution < 1.29 is 39.4 Å². The molecule has 0 nitrogen and oxygen atoms in total. The third kappa shape index (κ3) is 8.88. The molecule has 32 valence electrons. The Kier molecular flexibility index (Phi) is 118. The molecule has 0 unspecified atom stereocenters. The Morgan fingerprint density at radius 3 is 1.00 bits per heavy atom. The van der Waals surface area contributed by atoms with Gasteiger partial charge in [0.15, 0.2) is 0 Å². The predicted octanol–water partition coefficient (Wildman–Crippen LogP) is -0.767. The van der Waals surface area contributed by atoms with E-state index in [1.807, 2.05) is 0 Å². The normalized spacial score (nSPS) is 0. The van der Waals surface area contributed by atoms with Gasteiger partial charge in [-0.1, -0.05) is 0 Å². The summed E-state index contributed by atoms with van der Waals surface area (Å²) < 4.78 is 0. The molecule has 0 aliphatic heterocycles. The van der Waals surface area contributed by atoms with Crippen molar-refractivity contribution in [3.8, 4) is 0 Å². The smallest absolute Gasteiger partial charge is 0 e. The molecule has 4 heavy (non-hydrogen) atoms. The molecule has 0 aliphatic carbocycles. The van der Waals surface area contributed by atoms with E-state index in [4.69, 9.17) is 0 Å². The molecule has 8 radical (unpaired) electrons. The zero-order valence-electron chi connectivity index (χ0n) is 1.50. The Labute approximate surface area is 88.4 Å². The molecule has 0 atom stereocenters. The van der Waals surface area contributed by atoms with Gasteiger partial charge in [-0.2, -0.15) is 0 Å². The van der Waals surface area contributed by atoms with Gasteiger partial charge in [-0.25, -0.2) is 0 Å². The molecule has 0 aromatic carbocycles. The average molecular weight is 502 g/mol. The van der Waals surface area contributed by atoms with Crippen LogP contribution in [-0.4, -0.2) is 50.6 Å². The predicted molar refractivity (Wildman–Crippen MR) is 11.5 cm³/mol. The van der Waals surface area contributed by atoms with Crippen LogP contribution >= 0.6 is 0 Å². The van der Waals surface area contributed by atoms with Gasteiger partial charge in [0.25, 0.3) is 0 Å². The molecule has 0 aromatic rings. The van der Waals surface area contributed by atoms with Crippen LogP contribution in [-0.2, 0) is 39.4 Å². The summed E-state index contributed by atoms with van der Waals surface area (Å²) in [5.41, 5.74) is 0. The molecule has 4 heteroatoms. The van der Waals surface area contributed by atoms with E-state index >= 15 is 0 Å². The van der Waals surface area contributed by atoms with Crippen molar-refractivity contribution in [3.63, 3.8) is 0 Å². The molecule has 0 N–H and O–H groups in total. The summed E-state index contributed by atoms with van der Waals surface area (Å²) >= 11 is 0. The van der Waals surface area contributed by atoms with Crippen molar-refractivity contribution >= 4 is 50.6 Å². The second-order valence-corrected chi connectivity index (χ2v) is 0. The van der Waals surface area contributed by atoms with Crippen LogP contribution in [0.3, 0.4) is 0 Å². The van der Waals surface area contributed by atoms with Crippen LogP contribution in [0.2, 0.25) is 0 Å². The minimum atomic E-state index is 0. The average Bonchev–Trinajstić information content (AvgIpc) is 0. The van der Waals surface area contributed by atoms with Crippen LogP contribution < -0.4 is 0 Å². The summed E-state index contributed by atoms with van der Waals surface area (Å²) in [4.78, 5) is 0. The molecule has 0 saturated heterocycles. The summed E-state index contributed by atoms with van der Waals surface area (Å²) in [6.45, 7) is 0. The minimum Gasteiger partial charge on any atom is 0 e. The molecule has 0 fully saturated rings. The first kappa shape index (κ1) is 28.2. The monoisotopic (exact) mass is 500 g/mol. The Hall–Kier alpha value is 2.96. The molecule has 0 aromatic heterocycles. The van der Waals surface area contributed by atoms with Crippen molar-refractivity contribution in [1.29, 1.82) is 0 Å². The summed E-state index contributed by atoms with van der Waals surface area (Å²) in [5.74, 6) is 0. The quantitative estimate of drug-likeness (QED) is 0.383. The van der Waals surface area contributed by atoms with E-state index in [0.717, 1.165) is 0 Å². The van der Waals surface area contributed by atoms with Crippen molar-refractivity contribution in [2.24, 2.45) is 0 Å². The standard InChI is InChI=1S/Ag.Bi.Cu.Sb. The van der Waals surface area contributed by atoms with Crippen LogP contribution in [0.25, 0.3) is 0 Å². The molecular weight excluding hydrogens is 502 g/mol. The molecule has 0 heterocycles. The second-order valence-electron chi connectivity index (χ2n) is 0. The molecule has 0 amide bonds. The fourth-order valence-corrected chi connectivity index (χ4v) is 0. The van der Waals surface area contributed by atoms with Crippen molar-refractivity contribution in [3.05, 3.63) is 0 Å². The Bertz CT molecular complexity index is 8.00. The SMILES string of the molecule is [Ag].[Bi].[Cu].[Sb]. The third-order valence-electron chi connectivity index (χ3n) is 0. The van der Waals surface area contributed by atoms with Crippen molar-refractivity contribution in [2.45, 2.75) is 0 Å². The molecule has 0 rings (SSSR count). The van der Waals surface area contributed by atoms with Gasteiger partial charge in [-0.3, -0.25) is 0 Å². The van der Waals surface area contributed by atoms with E-state index < -0.39 is 0 Å². The summed E-state index contributed by atoms with van der Waals surface area (Å²) in [7, 11) is 0. The maximum absolute atomic E-state index is 0. The van der Waals surface area contributed by atoms with Gasteiger partial charge < -0.3 is 0 Å². The van der Waals surface area contributed by atoms with Gasteiger partial charge >= 0.3 is 0 Å². The first-order valence-corrected chi connectivity index (χ1v) is 0. The van der Waals surface area contributed by atoms with Crippen LogP contribution in [0, 0.1) is 0 Å². The minimum absolute atomic E-state index is 0. The van der Waals surface area contributed by atoms with Gasteiger partial charge in [-0.15, -0.1) is 0 Å². The maximum Gasteiger partial charge on any atom is 0 e. The van der Waals surface area contributed by atoms with Crippen LogP contribution in [0.1, 0.15) is 0 Å². The summed E-state index contributed by atoms with van der Waals surface area (Å²) in [6.07, 6.45) is 0. The van der Waals surface area contributed by atoms with Gasteiger partial charge in [-0.05, 0) is 0 Å². The fraction of sp³-hybridized carbons (Fsp3) is 0. The third-order valence-corrected chi connectivity index (χ3v) is 0. The van der Waals surface area contributed by atoms with E-state index in [9.17, 15) is 0 Å². The topological polar surface area (TPSA) is 0 Å². The molecule has 0 spiro atoms. The molecule has 0 saturated carbocycles. The Morgan fingerprint density at radius 2 is 1.00 bits per heavy atom. The zero-order valence-corrected chi connectivity index (χ0v) is 9.95. The number of hydrogen-bond acceptors (Lipinski definition) is 0. The van der Waals surface area contributed by atoms with Crippen LogP contribution in [0.4, 0.5) is 0 Å². The largest absolute Gasteiger partial charge is 0 e. The van der Waals surface area contributed by atoms with Crippen LogP contribution in [0.5, 0.6) is 0 Å². The van der Waals surface area contributed by atoms with Gasteiger partial charge in [0.05, 0.1) is 0 Å². The summed E-state index contributed by atoms with van der Waals surface area (Å²) in [6, 6.07) is 0. The van der Waals surface area contributed by atoms with Crippen molar-refractivity contribution in [1.82, 2.24) is 0 Å². The van der Waals surface area contributed by atoms with E-state index in [2.05, 4.69) is 0 Å². The molecule has 0 bridgehead atoms. The van der Waals surface area contributed by atoms with Gasteiger partial charge in [0, 0.05) is 90.1 Å². The van der Waals surface area contributed by atoms with Gasteiger partial charge in [0.1, 0.15) is 0 Å². The van der Waals surface area contributed by atoms with Gasteiger partial charge in [0.2, 0.25) is 0 Å². The number of hydrogen-bond donors (Lipinski definition) is 0. The van der Waals surface area contributed by atoms with E-state index in [1.165, 1.54) is 0 Å². The van der Waals surface area contributed by atoms with E-state index in [-0.39, 0.29) is 90.1 Å². The number of rotatable bonds is 0. The molecular formula is AgBiCuSb. The maximum atomic E-state index is 0. The zero-order chi connectivity index (χ0) is 0. The summed E-state index contributed by atoms with van der Waals surface area (Å²) in [5, 5.41) is 0. The fourth-order valence-electron chi connectivity index (χ4n) is 0. The van der Waals surface area contributed by atoms with Crippen LogP contribution in [0.15, 0.2) is 0 Å².